The van der Waals surface area contributed by atoms with Crippen LogP contribution in [0.15, 0.2) is 60.8 Å². The van der Waals surface area contributed by atoms with Crippen LogP contribution in [0.1, 0.15) is 48.5 Å². The van der Waals surface area contributed by atoms with E-state index in [-0.39, 0.29) is 12.4 Å². The van der Waals surface area contributed by atoms with Crippen LogP contribution in [0.2, 0.25) is 0 Å². The number of aryl methyl sites for hydroxylation is 1. The van der Waals surface area contributed by atoms with Gasteiger partial charge in [-0.1, -0.05) is 48.5 Å². The minimum atomic E-state index is 0. The Bertz CT molecular complexity index is 942. The largest absolute Gasteiger partial charge is 0.347 e. The number of ketones is 1. The molecule has 1 aliphatic heterocycles. The third kappa shape index (κ3) is 5.33. The molecule has 3 aromatic rings. The number of Topliss-reactive ketones (excluding diaryl/α,β-unsaturated/α-hetero) is 1. The summed E-state index contributed by atoms with van der Waals surface area (Å²) in [5.74, 6) is 0.992. The van der Waals surface area contributed by atoms with Crippen molar-refractivity contribution in [3.8, 4) is 0 Å². The Morgan fingerprint density at radius 2 is 1.70 bits per heavy atom. The molecule has 30 heavy (non-hydrogen) atoms. The quantitative estimate of drug-likeness (QED) is 0.414. The second-order valence-electron chi connectivity index (χ2n) is 8.33. The van der Waals surface area contributed by atoms with Crippen LogP contribution in [0.25, 0.3) is 10.9 Å². The molecule has 0 saturated carbocycles. The summed E-state index contributed by atoms with van der Waals surface area (Å²) in [6, 6.07) is 19.0. The number of fused-ring (bicyclic) bond motifs is 1. The first kappa shape index (κ1) is 22.6. The monoisotopic (exact) mass is 424 g/mol. The third-order valence-corrected chi connectivity index (χ3v) is 6.48. The molecule has 3 nitrogen and oxygen atoms in total. The van der Waals surface area contributed by atoms with Gasteiger partial charge in [0, 0.05) is 42.2 Å². The van der Waals surface area contributed by atoms with Crippen molar-refractivity contribution >= 4 is 29.1 Å². The van der Waals surface area contributed by atoms with Crippen LogP contribution in [0.4, 0.5) is 0 Å². The standard InChI is InChI=1S/C26H32N2O.ClH/c1-2-28-20-24(23-10-6-7-11-25(23)28)26(29)13-12-22-15-18-27(19-16-22)17-14-21-8-4-3-5-9-21;/h3-11,20,22H,2,12-19H2,1H3;1H. The number of aromatic nitrogens is 1. The molecule has 0 aliphatic carbocycles. The Hall–Kier alpha value is -2.10. The second kappa shape index (κ2) is 10.8. The lowest BCUT2D eigenvalue weighted by Gasteiger charge is -2.31. The fourth-order valence-corrected chi connectivity index (χ4v) is 4.63. The number of piperidine rings is 1. The molecule has 160 valence electrons. The van der Waals surface area contributed by atoms with E-state index in [0.29, 0.717) is 18.1 Å². The number of benzene rings is 2. The molecule has 0 radical (unpaired) electrons. The third-order valence-electron chi connectivity index (χ3n) is 6.48. The zero-order valence-electron chi connectivity index (χ0n) is 17.9. The highest BCUT2D eigenvalue weighted by atomic mass is 35.5. The predicted octanol–water partition coefficient (Wildman–Crippen LogP) is 6.00. The molecule has 1 fully saturated rings. The molecule has 1 saturated heterocycles. The smallest absolute Gasteiger partial charge is 0.165 e. The number of halogens is 1. The summed E-state index contributed by atoms with van der Waals surface area (Å²) in [6.07, 6.45) is 7.33. The van der Waals surface area contributed by atoms with Crippen molar-refractivity contribution in [1.82, 2.24) is 9.47 Å². The number of carbonyl (C=O) groups excluding carboxylic acids is 1. The van der Waals surface area contributed by atoms with E-state index < -0.39 is 0 Å². The van der Waals surface area contributed by atoms with Gasteiger partial charge in [-0.05, 0) is 63.2 Å². The number of hydrogen-bond donors (Lipinski definition) is 0. The molecule has 4 rings (SSSR count). The van der Waals surface area contributed by atoms with Gasteiger partial charge in [0.2, 0.25) is 0 Å². The highest BCUT2D eigenvalue weighted by Gasteiger charge is 2.21. The minimum absolute atomic E-state index is 0. The predicted molar refractivity (Wildman–Crippen MR) is 128 cm³/mol. The summed E-state index contributed by atoms with van der Waals surface area (Å²) in [5, 5.41) is 1.11. The van der Waals surface area contributed by atoms with E-state index in [0.717, 1.165) is 36.9 Å². The molecule has 0 amide bonds. The van der Waals surface area contributed by atoms with Crippen molar-refractivity contribution < 1.29 is 4.79 Å². The van der Waals surface area contributed by atoms with Crippen molar-refractivity contribution in [3.63, 3.8) is 0 Å². The Morgan fingerprint density at radius 1 is 1.00 bits per heavy atom. The van der Waals surface area contributed by atoms with Crippen LogP contribution in [0.5, 0.6) is 0 Å². The van der Waals surface area contributed by atoms with Crippen molar-refractivity contribution in [3.05, 3.63) is 71.9 Å². The van der Waals surface area contributed by atoms with Gasteiger partial charge in [0.15, 0.2) is 5.78 Å². The summed E-state index contributed by atoms with van der Waals surface area (Å²) < 4.78 is 2.19. The SMILES string of the molecule is CCn1cc(C(=O)CCC2CCN(CCc3ccccc3)CC2)c2ccccc21.Cl. The fraction of sp³-hybridized carbons (Fsp3) is 0.423. The maximum absolute atomic E-state index is 12.9. The van der Waals surface area contributed by atoms with E-state index >= 15 is 0 Å². The van der Waals surface area contributed by atoms with Gasteiger partial charge in [-0.15, -0.1) is 12.4 Å². The first-order valence-corrected chi connectivity index (χ1v) is 11.1. The number of hydrogen-bond acceptors (Lipinski definition) is 2. The van der Waals surface area contributed by atoms with Gasteiger partial charge in [-0.2, -0.15) is 0 Å². The Labute approximate surface area is 186 Å². The van der Waals surface area contributed by atoms with Crippen LogP contribution in [0, 0.1) is 5.92 Å². The summed E-state index contributed by atoms with van der Waals surface area (Å²) in [6.45, 7) is 6.51. The van der Waals surface area contributed by atoms with Gasteiger partial charge in [0.05, 0.1) is 0 Å². The molecule has 2 aromatic carbocycles. The Kier molecular flexibility index (Phi) is 8.12. The number of likely N-dealkylation sites (tertiary alicyclic amines) is 1. The molecular weight excluding hydrogens is 392 g/mol. The van der Waals surface area contributed by atoms with Crippen LogP contribution < -0.4 is 0 Å². The van der Waals surface area contributed by atoms with E-state index in [1.165, 1.54) is 37.0 Å². The van der Waals surface area contributed by atoms with Gasteiger partial charge >= 0.3 is 0 Å². The summed E-state index contributed by atoms with van der Waals surface area (Å²) in [4.78, 5) is 15.5. The van der Waals surface area contributed by atoms with Gasteiger partial charge in [0.1, 0.15) is 0 Å². The molecule has 0 atom stereocenters. The molecule has 4 heteroatoms. The zero-order chi connectivity index (χ0) is 20.1. The number of carbonyl (C=O) groups is 1. The van der Waals surface area contributed by atoms with E-state index in [1.54, 1.807) is 0 Å². The molecule has 0 unspecified atom stereocenters. The molecule has 0 spiro atoms. The van der Waals surface area contributed by atoms with E-state index in [4.69, 9.17) is 0 Å². The van der Waals surface area contributed by atoms with Gasteiger partial charge in [-0.25, -0.2) is 0 Å². The van der Waals surface area contributed by atoms with E-state index in [9.17, 15) is 4.79 Å². The first-order valence-electron chi connectivity index (χ1n) is 11.1. The lowest BCUT2D eigenvalue weighted by molar-refractivity contribution is 0.0964. The summed E-state index contributed by atoms with van der Waals surface area (Å²) >= 11 is 0. The second-order valence-corrected chi connectivity index (χ2v) is 8.33. The van der Waals surface area contributed by atoms with Crippen molar-refractivity contribution in [2.45, 2.75) is 45.6 Å². The topological polar surface area (TPSA) is 25.2 Å². The van der Waals surface area contributed by atoms with Crippen molar-refractivity contribution in [2.75, 3.05) is 19.6 Å². The number of para-hydroxylation sites is 1. The average Bonchev–Trinajstić information content (AvgIpc) is 3.16. The zero-order valence-corrected chi connectivity index (χ0v) is 18.7. The summed E-state index contributed by atoms with van der Waals surface area (Å²) in [7, 11) is 0. The van der Waals surface area contributed by atoms with Crippen LogP contribution in [-0.2, 0) is 13.0 Å². The number of rotatable bonds is 8. The van der Waals surface area contributed by atoms with Crippen LogP contribution in [0.3, 0.4) is 0 Å². The molecule has 2 heterocycles. The van der Waals surface area contributed by atoms with Crippen LogP contribution in [-0.4, -0.2) is 34.9 Å². The molecule has 0 N–H and O–H groups in total. The highest BCUT2D eigenvalue weighted by Crippen LogP contribution is 2.26. The molecule has 1 aliphatic rings. The fourth-order valence-electron chi connectivity index (χ4n) is 4.63. The maximum atomic E-state index is 12.9. The summed E-state index contributed by atoms with van der Waals surface area (Å²) in [5.41, 5.74) is 3.50. The average molecular weight is 425 g/mol. The van der Waals surface area contributed by atoms with Crippen LogP contribution >= 0.6 is 12.4 Å². The van der Waals surface area contributed by atoms with E-state index in [2.05, 4.69) is 65.1 Å². The Morgan fingerprint density at radius 3 is 2.43 bits per heavy atom. The Balaban J connectivity index is 0.00000256. The van der Waals surface area contributed by atoms with Crippen molar-refractivity contribution in [2.24, 2.45) is 5.92 Å². The molecule has 0 bridgehead atoms. The molecule has 1 aromatic heterocycles. The lowest BCUT2D eigenvalue weighted by Crippen LogP contribution is -2.35. The van der Waals surface area contributed by atoms with Gasteiger partial charge in [-0.3, -0.25) is 4.79 Å². The van der Waals surface area contributed by atoms with Crippen molar-refractivity contribution in [1.29, 1.82) is 0 Å². The number of nitrogens with zero attached hydrogens (tertiary/aromatic N) is 2. The lowest BCUT2D eigenvalue weighted by atomic mass is 9.90. The van der Waals surface area contributed by atoms with Gasteiger partial charge < -0.3 is 9.47 Å². The minimum Gasteiger partial charge on any atom is -0.347 e. The first-order chi connectivity index (χ1) is 14.2. The highest BCUT2D eigenvalue weighted by molar-refractivity contribution is 6.08. The maximum Gasteiger partial charge on any atom is 0.165 e. The van der Waals surface area contributed by atoms with Gasteiger partial charge in [0.25, 0.3) is 0 Å². The van der Waals surface area contributed by atoms with E-state index in [1.807, 2.05) is 12.1 Å². The molecular formula is C26H33ClN2O. The normalized spacial score (nSPS) is 15.2.